The van der Waals surface area contributed by atoms with Gasteiger partial charge in [0, 0.05) is 13.0 Å². The predicted molar refractivity (Wildman–Crippen MR) is 103 cm³/mol. The van der Waals surface area contributed by atoms with E-state index < -0.39 is 5.76 Å². The summed E-state index contributed by atoms with van der Waals surface area (Å²) in [5, 5.41) is 3.44. The fourth-order valence-corrected chi connectivity index (χ4v) is 3.87. The van der Waals surface area contributed by atoms with Crippen molar-refractivity contribution in [3.05, 3.63) is 58.6 Å². The Balaban J connectivity index is 1.39. The second-order valence-electron chi connectivity index (χ2n) is 6.13. The van der Waals surface area contributed by atoms with Crippen LogP contribution in [-0.2, 0) is 11.3 Å². The molecule has 1 N–H and O–H groups in total. The van der Waals surface area contributed by atoms with Crippen LogP contribution >= 0.6 is 11.3 Å². The Morgan fingerprint density at radius 1 is 1.27 bits per heavy atom. The third-order valence-electron chi connectivity index (χ3n) is 4.15. The van der Waals surface area contributed by atoms with Gasteiger partial charge >= 0.3 is 5.76 Å². The predicted octanol–water partition coefficient (Wildman–Crippen LogP) is 3.93. The molecule has 2 aromatic heterocycles. The molecule has 0 bridgehead atoms. The van der Waals surface area contributed by atoms with Gasteiger partial charge in [0.2, 0.25) is 5.91 Å². The molecule has 7 heteroatoms. The van der Waals surface area contributed by atoms with E-state index >= 15 is 0 Å². The molecule has 0 saturated carbocycles. The van der Waals surface area contributed by atoms with Crippen LogP contribution in [0.25, 0.3) is 21.3 Å². The molecule has 0 atom stereocenters. The number of carbonyl (C=O) groups is 1. The van der Waals surface area contributed by atoms with Crippen LogP contribution in [0.3, 0.4) is 0 Å². The molecule has 0 fully saturated rings. The fourth-order valence-electron chi connectivity index (χ4n) is 2.89. The number of para-hydroxylation sites is 2. The van der Waals surface area contributed by atoms with Crippen LogP contribution in [0.2, 0.25) is 0 Å². The summed E-state index contributed by atoms with van der Waals surface area (Å²) in [6, 6.07) is 13.3. The number of nitrogens with one attached hydrogen (secondary N) is 1. The lowest BCUT2D eigenvalue weighted by Crippen LogP contribution is -2.17. The number of nitrogens with zero attached hydrogens (tertiary/aromatic N) is 2. The Hall–Kier alpha value is -2.93. The largest absolute Gasteiger partial charge is 0.419 e. The second kappa shape index (κ2) is 6.76. The summed E-state index contributed by atoms with van der Waals surface area (Å²) in [4.78, 5) is 28.5. The Bertz CT molecular complexity index is 1160. The van der Waals surface area contributed by atoms with Crippen LogP contribution in [-0.4, -0.2) is 15.5 Å². The third-order valence-corrected chi connectivity index (χ3v) is 5.08. The van der Waals surface area contributed by atoms with Crippen LogP contribution < -0.4 is 11.1 Å². The second-order valence-corrected chi connectivity index (χ2v) is 7.16. The zero-order valence-corrected chi connectivity index (χ0v) is 15.0. The summed E-state index contributed by atoms with van der Waals surface area (Å²) in [6.07, 6.45) is 0.847. The van der Waals surface area contributed by atoms with Gasteiger partial charge in [0.05, 0.1) is 15.7 Å². The number of hydrogen-bond donors (Lipinski definition) is 1. The average Bonchev–Trinajstić information content (AvgIpc) is 3.14. The van der Waals surface area contributed by atoms with Crippen LogP contribution in [0.4, 0.5) is 5.13 Å². The molecule has 0 aliphatic carbocycles. The summed E-state index contributed by atoms with van der Waals surface area (Å²) < 4.78 is 7.81. The molecule has 1 amide bonds. The van der Waals surface area contributed by atoms with Crippen molar-refractivity contribution < 1.29 is 9.21 Å². The maximum absolute atomic E-state index is 12.2. The number of amides is 1. The van der Waals surface area contributed by atoms with Crippen molar-refractivity contribution in [2.45, 2.75) is 26.3 Å². The highest BCUT2D eigenvalue weighted by atomic mass is 32.1. The molecule has 4 rings (SSSR count). The van der Waals surface area contributed by atoms with Gasteiger partial charge in [-0.15, -0.1) is 0 Å². The Morgan fingerprint density at radius 3 is 3.00 bits per heavy atom. The number of oxazole rings is 1. The number of rotatable bonds is 5. The molecule has 6 nitrogen and oxygen atoms in total. The van der Waals surface area contributed by atoms with Crippen molar-refractivity contribution in [1.82, 2.24) is 9.55 Å². The van der Waals surface area contributed by atoms with E-state index in [4.69, 9.17) is 4.42 Å². The van der Waals surface area contributed by atoms with Gasteiger partial charge in [-0.05, 0) is 43.2 Å². The summed E-state index contributed by atoms with van der Waals surface area (Å²) in [6.45, 7) is 2.46. The van der Waals surface area contributed by atoms with E-state index in [1.807, 2.05) is 37.3 Å². The molecule has 26 heavy (non-hydrogen) atoms. The molecular weight excluding hydrogens is 350 g/mol. The van der Waals surface area contributed by atoms with E-state index in [0.717, 1.165) is 21.3 Å². The molecular formula is C19H17N3O3S. The number of thiazole rings is 1. The van der Waals surface area contributed by atoms with E-state index in [2.05, 4.69) is 16.4 Å². The minimum Gasteiger partial charge on any atom is -0.408 e. The van der Waals surface area contributed by atoms with Crippen LogP contribution in [0.15, 0.2) is 51.7 Å². The normalized spacial score (nSPS) is 11.3. The van der Waals surface area contributed by atoms with Gasteiger partial charge in [0.25, 0.3) is 0 Å². The molecule has 0 radical (unpaired) electrons. The van der Waals surface area contributed by atoms with Gasteiger partial charge in [0.15, 0.2) is 10.7 Å². The van der Waals surface area contributed by atoms with Gasteiger partial charge in [0.1, 0.15) is 0 Å². The zero-order chi connectivity index (χ0) is 18.1. The molecule has 2 aromatic carbocycles. The Labute approximate surface area is 153 Å². The number of hydrogen-bond acceptors (Lipinski definition) is 5. The lowest BCUT2D eigenvalue weighted by molar-refractivity contribution is -0.116. The average molecular weight is 367 g/mol. The van der Waals surface area contributed by atoms with Gasteiger partial charge in [-0.2, -0.15) is 0 Å². The molecule has 0 aliphatic heterocycles. The number of carbonyl (C=O) groups excluding carboxylic acids is 1. The van der Waals surface area contributed by atoms with Crippen molar-refractivity contribution in [3.63, 3.8) is 0 Å². The molecule has 132 valence electrons. The maximum atomic E-state index is 12.2. The maximum Gasteiger partial charge on any atom is 0.419 e. The molecule has 0 aliphatic rings. The minimum atomic E-state index is -0.395. The highest BCUT2D eigenvalue weighted by molar-refractivity contribution is 7.22. The van der Waals surface area contributed by atoms with Crippen molar-refractivity contribution in [3.8, 4) is 0 Å². The van der Waals surface area contributed by atoms with Gasteiger partial charge < -0.3 is 9.73 Å². The van der Waals surface area contributed by atoms with E-state index in [9.17, 15) is 9.59 Å². The summed E-state index contributed by atoms with van der Waals surface area (Å²) >= 11 is 1.46. The number of benzene rings is 2. The first-order valence-electron chi connectivity index (χ1n) is 8.35. The summed E-state index contributed by atoms with van der Waals surface area (Å²) in [7, 11) is 0. The monoisotopic (exact) mass is 367 g/mol. The van der Waals surface area contributed by atoms with Crippen molar-refractivity contribution >= 4 is 43.7 Å². The standard InChI is InChI=1S/C19H17N3O3S/c1-12-8-9-13-16(11-12)26-18(20-13)21-17(23)7-4-10-22-14-5-2-3-6-15(14)25-19(22)24/h2-3,5-6,8-9,11H,4,7,10H2,1H3,(H,20,21,23). The Kier molecular flexibility index (Phi) is 4.30. The van der Waals surface area contributed by atoms with Gasteiger partial charge in [-0.3, -0.25) is 9.36 Å². The van der Waals surface area contributed by atoms with Gasteiger partial charge in [-0.25, -0.2) is 9.78 Å². The van der Waals surface area contributed by atoms with E-state index in [1.165, 1.54) is 11.3 Å². The molecule has 0 unspecified atom stereocenters. The van der Waals surface area contributed by atoms with E-state index in [1.54, 1.807) is 10.6 Å². The SMILES string of the molecule is Cc1ccc2nc(NC(=O)CCCn3c(=O)oc4ccccc43)sc2c1. The first kappa shape index (κ1) is 16.5. The van der Waals surface area contributed by atoms with Crippen molar-refractivity contribution in [2.75, 3.05) is 5.32 Å². The van der Waals surface area contributed by atoms with Gasteiger partial charge in [-0.1, -0.05) is 29.5 Å². The van der Waals surface area contributed by atoms with Crippen molar-refractivity contribution in [1.29, 1.82) is 0 Å². The first-order chi connectivity index (χ1) is 12.6. The molecule has 4 aromatic rings. The number of aromatic nitrogens is 2. The molecule has 0 spiro atoms. The van der Waals surface area contributed by atoms with E-state index in [-0.39, 0.29) is 5.91 Å². The zero-order valence-electron chi connectivity index (χ0n) is 14.2. The molecule has 2 heterocycles. The lowest BCUT2D eigenvalue weighted by atomic mass is 10.2. The number of anilines is 1. The topological polar surface area (TPSA) is 77.1 Å². The summed E-state index contributed by atoms with van der Waals surface area (Å²) in [5.74, 6) is -0.505. The minimum absolute atomic E-state index is 0.110. The highest BCUT2D eigenvalue weighted by Crippen LogP contribution is 2.26. The fraction of sp³-hybridized carbons (Fsp3) is 0.211. The smallest absolute Gasteiger partial charge is 0.408 e. The lowest BCUT2D eigenvalue weighted by Gasteiger charge is -2.03. The Morgan fingerprint density at radius 2 is 2.12 bits per heavy atom. The first-order valence-corrected chi connectivity index (χ1v) is 9.17. The third kappa shape index (κ3) is 3.25. The van der Waals surface area contributed by atoms with Crippen molar-refractivity contribution in [2.24, 2.45) is 0 Å². The molecule has 0 saturated heterocycles. The quantitative estimate of drug-likeness (QED) is 0.580. The number of aryl methyl sites for hydroxylation is 2. The van der Waals surface area contributed by atoms with Crippen LogP contribution in [0.1, 0.15) is 18.4 Å². The van der Waals surface area contributed by atoms with Crippen LogP contribution in [0.5, 0.6) is 0 Å². The highest BCUT2D eigenvalue weighted by Gasteiger charge is 2.11. The van der Waals surface area contributed by atoms with Crippen LogP contribution in [0, 0.1) is 6.92 Å². The van der Waals surface area contributed by atoms with E-state index in [0.29, 0.717) is 30.1 Å². The summed E-state index contributed by atoms with van der Waals surface area (Å²) in [5.41, 5.74) is 3.36. The number of fused-ring (bicyclic) bond motifs is 2.